The van der Waals surface area contributed by atoms with Gasteiger partial charge in [0.1, 0.15) is 0 Å². The van der Waals surface area contributed by atoms with E-state index in [1.807, 2.05) is 37.3 Å². The normalized spacial score (nSPS) is 10.1. The first-order chi connectivity index (χ1) is 6.77. The number of nitrogens with zero attached hydrogens (tertiary/aromatic N) is 2. The van der Waals surface area contributed by atoms with Crippen LogP contribution in [0.15, 0.2) is 36.5 Å². The third-order valence-corrected chi connectivity index (χ3v) is 2.00. The van der Waals surface area contributed by atoms with Crippen LogP contribution in [0.1, 0.15) is 5.69 Å². The van der Waals surface area contributed by atoms with E-state index in [9.17, 15) is 0 Å². The van der Waals surface area contributed by atoms with Crippen molar-refractivity contribution in [3.63, 3.8) is 0 Å². The molecule has 0 atom stereocenters. The van der Waals surface area contributed by atoms with Crippen LogP contribution >= 0.6 is 0 Å². The van der Waals surface area contributed by atoms with E-state index in [4.69, 9.17) is 5.73 Å². The van der Waals surface area contributed by atoms with Gasteiger partial charge in [0.05, 0.1) is 0 Å². The Morgan fingerprint density at radius 3 is 2.64 bits per heavy atom. The highest BCUT2D eigenvalue weighted by molar-refractivity contribution is 5.70. The molecule has 0 saturated heterocycles. The molecular formula is C11H11N3. The van der Waals surface area contributed by atoms with Gasteiger partial charge in [-0.15, -0.1) is 0 Å². The molecule has 2 rings (SSSR count). The van der Waals surface area contributed by atoms with Gasteiger partial charge >= 0.3 is 0 Å². The maximum Gasteiger partial charge on any atom is 0.161 e. The van der Waals surface area contributed by atoms with Crippen LogP contribution in [0.5, 0.6) is 0 Å². The second kappa shape index (κ2) is 3.46. The van der Waals surface area contributed by atoms with E-state index >= 15 is 0 Å². The Hall–Kier alpha value is -1.90. The standard InChI is InChI=1S/C11H11N3/c1-8-6-7-13-11(14-8)9-4-2-3-5-10(9)12/h2-7H,12H2,1H3. The number of anilines is 1. The summed E-state index contributed by atoms with van der Waals surface area (Å²) in [5, 5.41) is 0. The Balaban J connectivity index is 2.55. The van der Waals surface area contributed by atoms with Crippen LogP contribution in [0, 0.1) is 6.92 Å². The first-order valence-corrected chi connectivity index (χ1v) is 4.42. The minimum Gasteiger partial charge on any atom is -0.398 e. The van der Waals surface area contributed by atoms with Crippen LogP contribution in [-0.2, 0) is 0 Å². The van der Waals surface area contributed by atoms with Crippen molar-refractivity contribution in [3.05, 3.63) is 42.2 Å². The van der Waals surface area contributed by atoms with Crippen molar-refractivity contribution in [1.82, 2.24) is 9.97 Å². The number of hydrogen-bond donors (Lipinski definition) is 1. The van der Waals surface area contributed by atoms with Gasteiger partial charge in [-0.2, -0.15) is 0 Å². The highest BCUT2D eigenvalue weighted by Gasteiger charge is 2.03. The third-order valence-electron chi connectivity index (χ3n) is 2.00. The molecule has 0 fully saturated rings. The number of benzene rings is 1. The van der Waals surface area contributed by atoms with Gasteiger partial charge in [0.25, 0.3) is 0 Å². The molecule has 0 aliphatic heterocycles. The van der Waals surface area contributed by atoms with Crippen LogP contribution in [0.25, 0.3) is 11.4 Å². The van der Waals surface area contributed by atoms with Crippen molar-refractivity contribution in [2.24, 2.45) is 0 Å². The molecule has 0 radical (unpaired) electrons. The highest BCUT2D eigenvalue weighted by Crippen LogP contribution is 2.21. The van der Waals surface area contributed by atoms with Gasteiger partial charge in [-0.25, -0.2) is 9.97 Å². The van der Waals surface area contributed by atoms with Crippen molar-refractivity contribution in [1.29, 1.82) is 0 Å². The van der Waals surface area contributed by atoms with E-state index in [1.165, 1.54) is 0 Å². The number of aromatic nitrogens is 2. The van der Waals surface area contributed by atoms with Gasteiger partial charge < -0.3 is 5.73 Å². The predicted molar refractivity (Wildman–Crippen MR) is 56.6 cm³/mol. The number of rotatable bonds is 1. The molecule has 2 N–H and O–H groups in total. The second-order valence-corrected chi connectivity index (χ2v) is 3.11. The van der Waals surface area contributed by atoms with E-state index in [-0.39, 0.29) is 0 Å². The summed E-state index contributed by atoms with van der Waals surface area (Å²) in [6.07, 6.45) is 1.74. The average molecular weight is 185 g/mol. The van der Waals surface area contributed by atoms with Crippen LogP contribution in [0.2, 0.25) is 0 Å². The molecule has 0 amide bonds. The maximum atomic E-state index is 5.82. The largest absolute Gasteiger partial charge is 0.398 e. The topological polar surface area (TPSA) is 51.8 Å². The number of para-hydroxylation sites is 1. The smallest absolute Gasteiger partial charge is 0.161 e. The lowest BCUT2D eigenvalue weighted by Crippen LogP contribution is -1.94. The molecule has 14 heavy (non-hydrogen) atoms. The summed E-state index contributed by atoms with van der Waals surface area (Å²) < 4.78 is 0. The number of nitrogens with two attached hydrogens (primary N) is 1. The minimum absolute atomic E-state index is 0.683. The fraction of sp³-hybridized carbons (Fsp3) is 0.0909. The lowest BCUT2D eigenvalue weighted by atomic mass is 10.1. The Morgan fingerprint density at radius 1 is 1.14 bits per heavy atom. The molecule has 0 spiro atoms. The van der Waals surface area contributed by atoms with E-state index in [0.717, 1.165) is 11.3 Å². The minimum atomic E-state index is 0.683. The lowest BCUT2D eigenvalue weighted by Gasteiger charge is -2.03. The first kappa shape index (κ1) is 8.69. The summed E-state index contributed by atoms with van der Waals surface area (Å²) in [7, 11) is 0. The highest BCUT2D eigenvalue weighted by atomic mass is 14.9. The van der Waals surface area contributed by atoms with Gasteiger partial charge in [0, 0.05) is 23.1 Å². The fourth-order valence-electron chi connectivity index (χ4n) is 1.28. The van der Waals surface area contributed by atoms with Crippen molar-refractivity contribution in [3.8, 4) is 11.4 Å². The first-order valence-electron chi connectivity index (χ1n) is 4.42. The van der Waals surface area contributed by atoms with Gasteiger partial charge in [-0.05, 0) is 25.1 Å². The molecular weight excluding hydrogens is 174 g/mol. The quantitative estimate of drug-likeness (QED) is 0.691. The molecule has 1 aromatic heterocycles. The molecule has 0 saturated carbocycles. The zero-order chi connectivity index (χ0) is 9.97. The number of nitrogen functional groups attached to an aromatic ring is 1. The monoisotopic (exact) mass is 185 g/mol. The Kier molecular flexibility index (Phi) is 2.14. The predicted octanol–water partition coefficient (Wildman–Crippen LogP) is 2.03. The molecule has 0 aliphatic carbocycles. The van der Waals surface area contributed by atoms with Crippen molar-refractivity contribution >= 4 is 5.69 Å². The molecule has 1 heterocycles. The molecule has 3 nitrogen and oxygen atoms in total. The van der Waals surface area contributed by atoms with E-state index < -0.39 is 0 Å². The van der Waals surface area contributed by atoms with E-state index in [1.54, 1.807) is 6.20 Å². The molecule has 70 valence electrons. The Bertz CT molecular complexity index is 452. The van der Waals surface area contributed by atoms with Crippen LogP contribution < -0.4 is 5.73 Å². The van der Waals surface area contributed by atoms with Crippen LogP contribution in [-0.4, -0.2) is 9.97 Å². The fourth-order valence-corrected chi connectivity index (χ4v) is 1.28. The lowest BCUT2D eigenvalue weighted by molar-refractivity contribution is 1.11. The summed E-state index contributed by atoms with van der Waals surface area (Å²) in [5.41, 5.74) is 8.36. The van der Waals surface area contributed by atoms with Crippen LogP contribution in [0.3, 0.4) is 0 Å². The second-order valence-electron chi connectivity index (χ2n) is 3.11. The Morgan fingerprint density at radius 2 is 1.93 bits per heavy atom. The van der Waals surface area contributed by atoms with Crippen LogP contribution in [0.4, 0.5) is 5.69 Å². The zero-order valence-corrected chi connectivity index (χ0v) is 7.94. The molecule has 0 aliphatic rings. The third kappa shape index (κ3) is 1.57. The Labute approximate surface area is 82.6 Å². The summed E-state index contributed by atoms with van der Waals surface area (Å²) in [4.78, 5) is 8.49. The van der Waals surface area contributed by atoms with Crippen molar-refractivity contribution in [2.75, 3.05) is 5.73 Å². The number of hydrogen-bond acceptors (Lipinski definition) is 3. The van der Waals surface area contributed by atoms with E-state index in [0.29, 0.717) is 11.5 Å². The molecule has 0 unspecified atom stereocenters. The van der Waals surface area contributed by atoms with Gasteiger partial charge in [0.2, 0.25) is 0 Å². The number of aryl methyl sites for hydroxylation is 1. The zero-order valence-electron chi connectivity index (χ0n) is 7.94. The SMILES string of the molecule is Cc1ccnc(-c2ccccc2N)n1. The van der Waals surface area contributed by atoms with E-state index in [2.05, 4.69) is 9.97 Å². The van der Waals surface area contributed by atoms with Gasteiger partial charge in [-0.1, -0.05) is 12.1 Å². The van der Waals surface area contributed by atoms with Gasteiger partial charge in [-0.3, -0.25) is 0 Å². The molecule has 2 aromatic rings. The molecule has 1 aromatic carbocycles. The maximum absolute atomic E-state index is 5.82. The summed E-state index contributed by atoms with van der Waals surface area (Å²) in [5.74, 6) is 0.683. The molecule has 0 bridgehead atoms. The van der Waals surface area contributed by atoms with Gasteiger partial charge in [0.15, 0.2) is 5.82 Å². The van der Waals surface area contributed by atoms with Crippen molar-refractivity contribution < 1.29 is 0 Å². The molecule has 3 heteroatoms. The average Bonchev–Trinajstić information content (AvgIpc) is 2.18. The summed E-state index contributed by atoms with van der Waals surface area (Å²) in [6, 6.07) is 9.46. The summed E-state index contributed by atoms with van der Waals surface area (Å²) in [6.45, 7) is 1.93. The summed E-state index contributed by atoms with van der Waals surface area (Å²) >= 11 is 0. The van der Waals surface area contributed by atoms with Crippen molar-refractivity contribution in [2.45, 2.75) is 6.92 Å².